The summed E-state index contributed by atoms with van der Waals surface area (Å²) in [5.41, 5.74) is 0.0914. The molecule has 0 bridgehead atoms. The van der Waals surface area contributed by atoms with E-state index in [2.05, 4.69) is 10.3 Å². The van der Waals surface area contributed by atoms with Crippen LogP contribution < -0.4 is 5.32 Å². The molecule has 0 saturated heterocycles. The van der Waals surface area contributed by atoms with Gasteiger partial charge in [0.15, 0.2) is 0 Å². The van der Waals surface area contributed by atoms with Crippen LogP contribution in [0.5, 0.6) is 0 Å². The lowest BCUT2D eigenvalue weighted by Gasteiger charge is -2.18. The number of hydrogen-bond acceptors (Lipinski definition) is 3. The molecule has 2 atom stereocenters. The fourth-order valence-corrected chi connectivity index (χ4v) is 1.97. The average molecular weight is 281 g/mol. The molecule has 0 aliphatic heterocycles. The molecule has 0 aliphatic carbocycles. The van der Waals surface area contributed by atoms with E-state index in [0.717, 1.165) is 12.1 Å². The number of imidazole rings is 1. The first-order chi connectivity index (χ1) is 9.56. The molecule has 1 heterocycles. The quantitative estimate of drug-likeness (QED) is 0.850. The zero-order valence-electron chi connectivity index (χ0n) is 11.1. The predicted octanol–water partition coefficient (Wildman–Crippen LogP) is 1.87. The molecule has 2 aromatic rings. The van der Waals surface area contributed by atoms with Crippen molar-refractivity contribution in [3.63, 3.8) is 0 Å². The Hall–Kier alpha value is -1.79. The minimum atomic E-state index is -1.01. The zero-order chi connectivity index (χ0) is 14.5. The molecule has 2 unspecified atom stereocenters. The van der Waals surface area contributed by atoms with Gasteiger partial charge in [0, 0.05) is 43.2 Å². The molecular weight excluding hydrogens is 264 g/mol. The van der Waals surface area contributed by atoms with E-state index in [1.165, 1.54) is 6.07 Å². The molecule has 2 N–H and O–H groups in total. The van der Waals surface area contributed by atoms with Gasteiger partial charge in [-0.25, -0.2) is 13.8 Å². The van der Waals surface area contributed by atoms with Crippen LogP contribution in [0.25, 0.3) is 0 Å². The van der Waals surface area contributed by atoms with Crippen molar-refractivity contribution >= 4 is 0 Å². The van der Waals surface area contributed by atoms with Crippen molar-refractivity contribution < 1.29 is 13.9 Å². The van der Waals surface area contributed by atoms with Crippen molar-refractivity contribution in [1.82, 2.24) is 14.9 Å². The second-order valence-corrected chi connectivity index (χ2v) is 4.75. The maximum absolute atomic E-state index is 13.5. The van der Waals surface area contributed by atoms with Crippen LogP contribution in [0.1, 0.15) is 18.6 Å². The van der Waals surface area contributed by atoms with E-state index in [0.29, 0.717) is 6.54 Å². The van der Waals surface area contributed by atoms with Crippen LogP contribution in [0, 0.1) is 11.6 Å². The van der Waals surface area contributed by atoms with Gasteiger partial charge >= 0.3 is 0 Å². The monoisotopic (exact) mass is 281 g/mol. The molecular formula is C14H17F2N3O. The van der Waals surface area contributed by atoms with Crippen LogP contribution in [-0.4, -0.2) is 27.2 Å². The van der Waals surface area contributed by atoms with Crippen molar-refractivity contribution in [2.45, 2.75) is 25.6 Å². The Bertz CT molecular complexity index is 545. The molecule has 4 nitrogen and oxygen atoms in total. The maximum atomic E-state index is 13.5. The van der Waals surface area contributed by atoms with Crippen LogP contribution in [0.3, 0.4) is 0 Å². The van der Waals surface area contributed by atoms with Gasteiger partial charge in [0.25, 0.3) is 0 Å². The minimum absolute atomic E-state index is 0.0855. The van der Waals surface area contributed by atoms with Gasteiger partial charge in [-0.15, -0.1) is 0 Å². The Morgan fingerprint density at radius 1 is 1.40 bits per heavy atom. The van der Waals surface area contributed by atoms with E-state index in [1.54, 1.807) is 12.5 Å². The summed E-state index contributed by atoms with van der Waals surface area (Å²) in [4.78, 5) is 3.94. The molecule has 0 radical (unpaired) electrons. The molecule has 0 saturated carbocycles. The van der Waals surface area contributed by atoms with Crippen molar-refractivity contribution in [2.75, 3.05) is 6.54 Å². The van der Waals surface area contributed by atoms with Gasteiger partial charge in [-0.3, -0.25) is 0 Å². The van der Waals surface area contributed by atoms with Crippen LogP contribution in [0.4, 0.5) is 8.78 Å². The Morgan fingerprint density at radius 2 is 2.20 bits per heavy atom. The molecule has 108 valence electrons. The molecule has 0 spiro atoms. The number of aromatic nitrogens is 2. The molecule has 0 fully saturated rings. The number of nitrogens with zero attached hydrogens (tertiary/aromatic N) is 2. The first kappa shape index (κ1) is 14.6. The molecule has 0 aliphatic rings. The summed E-state index contributed by atoms with van der Waals surface area (Å²) in [6.07, 6.45) is 4.22. The van der Waals surface area contributed by atoms with E-state index in [4.69, 9.17) is 0 Å². The lowest BCUT2D eigenvalue weighted by molar-refractivity contribution is 0.164. The van der Waals surface area contributed by atoms with Gasteiger partial charge in [0.1, 0.15) is 11.6 Å². The summed E-state index contributed by atoms with van der Waals surface area (Å²) in [7, 11) is 0. The number of aliphatic hydroxyl groups is 1. The van der Waals surface area contributed by atoms with E-state index in [-0.39, 0.29) is 18.2 Å². The summed E-state index contributed by atoms with van der Waals surface area (Å²) in [5, 5.41) is 13.0. The third kappa shape index (κ3) is 3.85. The number of hydrogen-bond donors (Lipinski definition) is 2. The predicted molar refractivity (Wildman–Crippen MR) is 71.0 cm³/mol. The van der Waals surface area contributed by atoms with E-state index in [9.17, 15) is 13.9 Å². The van der Waals surface area contributed by atoms with Crippen molar-refractivity contribution in [3.05, 3.63) is 54.1 Å². The summed E-state index contributed by atoms with van der Waals surface area (Å²) in [6.45, 7) is 2.84. The fourth-order valence-electron chi connectivity index (χ4n) is 1.97. The highest BCUT2D eigenvalue weighted by Crippen LogP contribution is 2.17. The van der Waals surface area contributed by atoms with Crippen molar-refractivity contribution in [2.24, 2.45) is 0 Å². The number of aliphatic hydroxyl groups excluding tert-OH is 1. The Labute approximate surface area is 116 Å². The van der Waals surface area contributed by atoms with Crippen LogP contribution >= 0.6 is 0 Å². The lowest BCUT2D eigenvalue weighted by atomic mass is 10.1. The number of benzene rings is 1. The standard InChI is InChI=1S/C14H17F2N3O/c1-10(8-19-5-4-17-9-19)18-7-14(20)12-3-2-11(15)6-13(12)16/h2-6,9-10,14,18,20H,7-8H2,1H3. The van der Waals surface area contributed by atoms with E-state index < -0.39 is 17.7 Å². The average Bonchev–Trinajstić information content (AvgIpc) is 2.89. The highest BCUT2D eigenvalue weighted by atomic mass is 19.1. The highest BCUT2D eigenvalue weighted by Gasteiger charge is 2.14. The van der Waals surface area contributed by atoms with Gasteiger partial charge in [-0.2, -0.15) is 0 Å². The topological polar surface area (TPSA) is 50.1 Å². The largest absolute Gasteiger partial charge is 0.387 e. The van der Waals surface area contributed by atoms with Crippen LogP contribution in [0.15, 0.2) is 36.9 Å². The zero-order valence-corrected chi connectivity index (χ0v) is 11.1. The van der Waals surface area contributed by atoms with Gasteiger partial charge in [-0.05, 0) is 13.0 Å². The highest BCUT2D eigenvalue weighted by molar-refractivity contribution is 5.21. The maximum Gasteiger partial charge on any atom is 0.131 e. The normalized spacial score (nSPS) is 14.2. The van der Waals surface area contributed by atoms with Crippen LogP contribution in [0.2, 0.25) is 0 Å². The first-order valence-electron chi connectivity index (χ1n) is 6.38. The molecule has 1 aromatic carbocycles. The van der Waals surface area contributed by atoms with Crippen molar-refractivity contribution in [3.8, 4) is 0 Å². The molecule has 6 heteroatoms. The Balaban J connectivity index is 1.86. The number of rotatable bonds is 6. The van der Waals surface area contributed by atoms with E-state index >= 15 is 0 Å². The van der Waals surface area contributed by atoms with Gasteiger partial charge in [0.2, 0.25) is 0 Å². The van der Waals surface area contributed by atoms with Gasteiger partial charge < -0.3 is 15.0 Å². The SMILES string of the molecule is CC(Cn1ccnc1)NCC(O)c1ccc(F)cc1F. The lowest BCUT2D eigenvalue weighted by Crippen LogP contribution is -2.33. The summed E-state index contributed by atoms with van der Waals surface area (Å²) >= 11 is 0. The number of nitrogens with one attached hydrogen (secondary N) is 1. The first-order valence-corrected chi connectivity index (χ1v) is 6.38. The summed E-state index contributed by atoms with van der Waals surface area (Å²) in [6, 6.07) is 3.25. The smallest absolute Gasteiger partial charge is 0.131 e. The minimum Gasteiger partial charge on any atom is -0.387 e. The molecule has 0 amide bonds. The Morgan fingerprint density at radius 3 is 2.85 bits per heavy atom. The second-order valence-electron chi connectivity index (χ2n) is 4.75. The van der Waals surface area contributed by atoms with Gasteiger partial charge in [0.05, 0.1) is 12.4 Å². The van der Waals surface area contributed by atoms with E-state index in [1.807, 2.05) is 17.7 Å². The second kappa shape index (κ2) is 6.58. The molecule has 20 heavy (non-hydrogen) atoms. The third-order valence-corrected chi connectivity index (χ3v) is 3.03. The van der Waals surface area contributed by atoms with Crippen molar-refractivity contribution in [1.29, 1.82) is 0 Å². The fraction of sp³-hybridized carbons (Fsp3) is 0.357. The molecule has 1 aromatic heterocycles. The molecule has 2 rings (SSSR count). The Kier molecular flexibility index (Phi) is 4.81. The number of halogens is 2. The van der Waals surface area contributed by atoms with Gasteiger partial charge in [-0.1, -0.05) is 6.07 Å². The van der Waals surface area contributed by atoms with Crippen LogP contribution in [-0.2, 0) is 6.54 Å². The summed E-state index contributed by atoms with van der Waals surface area (Å²) < 4.78 is 28.2. The third-order valence-electron chi connectivity index (χ3n) is 3.03. The summed E-state index contributed by atoms with van der Waals surface area (Å²) in [5.74, 6) is -1.39.